The predicted octanol–water partition coefficient (Wildman–Crippen LogP) is 0.0901. The van der Waals surface area contributed by atoms with Gasteiger partial charge < -0.3 is 12.9 Å². The molecule has 0 heterocycles. The third-order valence-electron chi connectivity index (χ3n) is 0.705. The molecule has 0 N–H and O–H groups in total. The van der Waals surface area contributed by atoms with Gasteiger partial charge in [0.15, 0.2) is 0 Å². The molecule has 0 fully saturated rings. The fourth-order valence-electron chi connectivity index (χ4n) is 0.257. The van der Waals surface area contributed by atoms with E-state index < -0.39 is 0 Å². The summed E-state index contributed by atoms with van der Waals surface area (Å²) < 4.78 is 0. The second kappa shape index (κ2) is 4.61. The Balaban J connectivity index is 3.18. The van der Waals surface area contributed by atoms with E-state index in [-0.39, 0.29) is 8.01 Å². The van der Waals surface area contributed by atoms with E-state index in [0.29, 0.717) is 0 Å². The van der Waals surface area contributed by atoms with Crippen LogP contribution in [0.15, 0.2) is 0 Å². The summed E-state index contributed by atoms with van der Waals surface area (Å²) in [6.45, 7) is 1.02. The van der Waals surface area contributed by atoms with Gasteiger partial charge in [0.05, 0.1) is 0 Å². The average molecular weight is 168 g/mol. The molecule has 0 unspecified atom stereocenters. The highest BCUT2D eigenvalue weighted by atomic mass is 33.1. The molecule has 0 bridgehead atoms. The molecular formula is C4H10NS3-. The van der Waals surface area contributed by atoms with Crippen molar-refractivity contribution in [2.75, 3.05) is 26.4 Å². The Morgan fingerprint density at radius 2 is 1.88 bits per heavy atom. The Kier molecular flexibility index (Phi) is 5.04. The van der Waals surface area contributed by atoms with Gasteiger partial charge >= 0.3 is 0 Å². The topological polar surface area (TPSA) is 3.24 Å². The molecule has 0 saturated heterocycles. The minimum absolute atomic E-state index is 0.211. The highest BCUT2D eigenvalue weighted by molar-refractivity contribution is 8.46. The Morgan fingerprint density at radius 3 is 2.00 bits per heavy atom. The fourth-order valence-corrected chi connectivity index (χ4v) is 1.22. The normalized spacial score (nSPS) is 11.0. The lowest BCUT2D eigenvalue weighted by Gasteiger charge is -2.09. The molecule has 0 aromatic heterocycles. The quantitative estimate of drug-likeness (QED) is 0.550. The first kappa shape index (κ1) is 8.75. The van der Waals surface area contributed by atoms with Gasteiger partial charge in [0.2, 0.25) is 0 Å². The molecule has 1 nitrogen and oxygen atoms in total. The number of rotatable bonds is 3. The highest BCUT2D eigenvalue weighted by Crippen LogP contribution is 1.73. The largest absolute Gasteiger partial charge is 0.346 e. The first-order valence-corrected chi connectivity index (χ1v) is 5.58. The van der Waals surface area contributed by atoms with Crippen LogP contribution in [-0.2, 0) is 30.4 Å². The van der Waals surface area contributed by atoms with E-state index in [9.17, 15) is 0 Å². The second-order valence-electron chi connectivity index (χ2n) is 1.81. The van der Waals surface area contributed by atoms with Gasteiger partial charge in [-0.3, -0.25) is 22.4 Å². The molecule has 50 valence electrons. The Hall–Kier alpha value is 0.750. The van der Waals surface area contributed by atoms with Gasteiger partial charge in [-0.05, 0) is 20.6 Å². The van der Waals surface area contributed by atoms with Crippen LogP contribution in [0, 0.1) is 0 Å². The van der Waals surface area contributed by atoms with Crippen molar-refractivity contribution in [3.8, 4) is 0 Å². The summed E-state index contributed by atoms with van der Waals surface area (Å²) in [5, 5.41) is 0. The summed E-state index contributed by atoms with van der Waals surface area (Å²) in [5.41, 5.74) is 0. The SMILES string of the molecule is CN(C)CC[S-](=S)=S. The number of hydrogen-bond acceptors (Lipinski definition) is 4. The van der Waals surface area contributed by atoms with Crippen LogP contribution in [0.5, 0.6) is 0 Å². The third kappa shape index (κ3) is 6.75. The van der Waals surface area contributed by atoms with Gasteiger partial charge in [0.25, 0.3) is 0 Å². The van der Waals surface area contributed by atoms with E-state index in [0.717, 1.165) is 12.3 Å². The number of nitrogens with zero attached hydrogens (tertiary/aromatic N) is 1. The Morgan fingerprint density at radius 1 is 1.38 bits per heavy atom. The second-order valence-corrected chi connectivity index (χ2v) is 5.87. The van der Waals surface area contributed by atoms with Crippen LogP contribution in [0.1, 0.15) is 0 Å². The van der Waals surface area contributed by atoms with Crippen molar-refractivity contribution in [3.63, 3.8) is 0 Å². The lowest BCUT2D eigenvalue weighted by molar-refractivity contribution is 0.437. The Labute approximate surface area is 61.9 Å². The minimum atomic E-state index is -0.211. The standard InChI is InChI=1S/C4H10NS3/c1-5(2)3-4-8(6)7/h3-4H2,1-2H3/q-1. The van der Waals surface area contributed by atoms with Crippen LogP contribution in [0.3, 0.4) is 0 Å². The first-order valence-electron chi connectivity index (χ1n) is 2.33. The minimum Gasteiger partial charge on any atom is -0.346 e. The van der Waals surface area contributed by atoms with Crippen molar-refractivity contribution in [3.05, 3.63) is 0 Å². The smallest absolute Gasteiger partial charge is 0.0138 e. The zero-order chi connectivity index (χ0) is 6.57. The predicted molar refractivity (Wildman–Crippen MR) is 45.5 cm³/mol. The molecule has 0 spiro atoms. The maximum atomic E-state index is 4.81. The van der Waals surface area contributed by atoms with E-state index >= 15 is 0 Å². The first-order chi connectivity index (χ1) is 3.63. The summed E-state index contributed by atoms with van der Waals surface area (Å²) in [7, 11) is 3.84. The lowest BCUT2D eigenvalue weighted by atomic mass is 10.7. The van der Waals surface area contributed by atoms with Crippen LogP contribution in [0.2, 0.25) is 0 Å². The van der Waals surface area contributed by atoms with Gasteiger partial charge in [0.1, 0.15) is 0 Å². The molecule has 0 aromatic carbocycles. The van der Waals surface area contributed by atoms with Crippen LogP contribution < -0.4 is 0 Å². The van der Waals surface area contributed by atoms with Gasteiger partial charge in [-0.2, -0.15) is 0 Å². The molecular weight excluding hydrogens is 158 g/mol. The summed E-state index contributed by atoms with van der Waals surface area (Å²) >= 11 is 9.63. The molecule has 0 aliphatic carbocycles. The Bertz CT molecular complexity index is 108. The van der Waals surface area contributed by atoms with Crippen LogP contribution in [-0.4, -0.2) is 31.3 Å². The van der Waals surface area contributed by atoms with Crippen molar-refractivity contribution in [2.45, 2.75) is 0 Å². The molecule has 4 heteroatoms. The lowest BCUT2D eigenvalue weighted by Crippen LogP contribution is -2.16. The molecule has 0 aliphatic rings. The van der Waals surface area contributed by atoms with E-state index in [2.05, 4.69) is 4.90 Å². The maximum absolute atomic E-state index is 4.81. The molecule has 0 saturated carbocycles. The summed E-state index contributed by atoms with van der Waals surface area (Å²) in [6.07, 6.45) is 0. The van der Waals surface area contributed by atoms with Gasteiger partial charge in [-0.15, -0.1) is 5.75 Å². The van der Waals surface area contributed by atoms with Gasteiger partial charge in [0, 0.05) is 0 Å². The van der Waals surface area contributed by atoms with E-state index in [1.54, 1.807) is 0 Å². The van der Waals surface area contributed by atoms with Crippen molar-refractivity contribution in [1.82, 2.24) is 4.90 Å². The molecule has 0 aliphatic heterocycles. The molecule has 0 radical (unpaired) electrons. The summed E-state index contributed by atoms with van der Waals surface area (Å²) in [6, 6.07) is 0. The van der Waals surface area contributed by atoms with E-state index in [1.807, 2.05) is 14.1 Å². The monoisotopic (exact) mass is 168 g/mol. The van der Waals surface area contributed by atoms with Crippen LogP contribution in [0.25, 0.3) is 0 Å². The summed E-state index contributed by atoms with van der Waals surface area (Å²) in [5.74, 6) is 0.970. The van der Waals surface area contributed by atoms with Crippen LogP contribution >= 0.6 is 0 Å². The van der Waals surface area contributed by atoms with Gasteiger partial charge in [-0.25, -0.2) is 0 Å². The molecule has 8 heavy (non-hydrogen) atoms. The van der Waals surface area contributed by atoms with Crippen molar-refractivity contribution in [1.29, 1.82) is 0 Å². The zero-order valence-electron chi connectivity index (χ0n) is 5.09. The van der Waals surface area contributed by atoms with Crippen molar-refractivity contribution in [2.24, 2.45) is 0 Å². The zero-order valence-corrected chi connectivity index (χ0v) is 7.54. The van der Waals surface area contributed by atoms with Crippen molar-refractivity contribution >= 4 is 30.4 Å². The molecule has 0 atom stereocenters. The van der Waals surface area contributed by atoms with Gasteiger partial charge in [-0.1, -0.05) is 0 Å². The van der Waals surface area contributed by atoms with Crippen LogP contribution in [0.4, 0.5) is 0 Å². The molecule has 0 amide bonds. The average Bonchev–Trinajstić information content (AvgIpc) is 1.61. The summed E-state index contributed by atoms with van der Waals surface area (Å²) in [4.78, 5) is 2.10. The molecule has 0 rings (SSSR count). The number of hydrogen-bond donors (Lipinski definition) is 0. The highest BCUT2D eigenvalue weighted by Gasteiger charge is 1.79. The van der Waals surface area contributed by atoms with E-state index in [4.69, 9.17) is 22.4 Å². The maximum Gasteiger partial charge on any atom is -0.0138 e. The van der Waals surface area contributed by atoms with E-state index in [1.165, 1.54) is 0 Å². The van der Waals surface area contributed by atoms with Crippen molar-refractivity contribution < 1.29 is 0 Å². The fraction of sp³-hybridized carbons (Fsp3) is 1.00. The molecule has 0 aromatic rings. The third-order valence-corrected chi connectivity index (χ3v) is 2.22.